The van der Waals surface area contributed by atoms with E-state index >= 15 is 0 Å². The second-order valence-corrected chi connectivity index (χ2v) is 6.63. The molecule has 0 bridgehead atoms. The molecule has 0 atom stereocenters. The quantitative estimate of drug-likeness (QED) is 0.560. The minimum atomic E-state index is -0.266. The Balaban J connectivity index is 1.47. The van der Waals surface area contributed by atoms with Gasteiger partial charge in [-0.2, -0.15) is 16.9 Å². The number of aromatic amines is 1. The number of rotatable bonds is 7. The first-order valence-corrected chi connectivity index (χ1v) is 9.66. The summed E-state index contributed by atoms with van der Waals surface area (Å²) < 4.78 is 0. The normalized spacial score (nSPS) is 10.7. The first-order chi connectivity index (χ1) is 12.7. The van der Waals surface area contributed by atoms with Gasteiger partial charge in [0.1, 0.15) is 0 Å². The van der Waals surface area contributed by atoms with Gasteiger partial charge in [-0.1, -0.05) is 30.3 Å². The van der Waals surface area contributed by atoms with Gasteiger partial charge in [0.25, 0.3) is 11.8 Å². The summed E-state index contributed by atoms with van der Waals surface area (Å²) in [6.07, 6.45) is 2.04. The minimum Gasteiger partial charge on any atom is -0.350 e. The maximum atomic E-state index is 12.2. The lowest BCUT2D eigenvalue weighted by molar-refractivity contribution is 0.0926. The van der Waals surface area contributed by atoms with Gasteiger partial charge in [0.15, 0.2) is 5.69 Å². The predicted octanol–water partition coefficient (Wildman–Crippen LogP) is 2.59. The van der Waals surface area contributed by atoms with Crippen molar-refractivity contribution in [3.05, 3.63) is 65.4 Å². The molecule has 7 heteroatoms. The number of carbonyl (C=O) groups is 2. The van der Waals surface area contributed by atoms with Gasteiger partial charge in [-0.25, -0.2) is 0 Å². The highest BCUT2D eigenvalue weighted by Gasteiger charge is 2.13. The molecule has 0 fully saturated rings. The molecule has 1 heterocycles. The number of hydrogen-bond donors (Lipinski definition) is 3. The van der Waals surface area contributed by atoms with Crippen molar-refractivity contribution in [2.45, 2.75) is 5.75 Å². The van der Waals surface area contributed by atoms with E-state index in [0.29, 0.717) is 24.3 Å². The van der Waals surface area contributed by atoms with E-state index in [9.17, 15) is 9.59 Å². The van der Waals surface area contributed by atoms with E-state index in [1.54, 1.807) is 11.8 Å². The van der Waals surface area contributed by atoms with Crippen molar-refractivity contribution >= 4 is 34.5 Å². The number of carbonyl (C=O) groups excluding carboxylic acids is 2. The van der Waals surface area contributed by atoms with Crippen LogP contribution in [-0.2, 0) is 5.75 Å². The van der Waals surface area contributed by atoms with Crippen molar-refractivity contribution in [3.63, 3.8) is 0 Å². The summed E-state index contributed by atoms with van der Waals surface area (Å²) >= 11 is 1.74. The van der Waals surface area contributed by atoms with Gasteiger partial charge < -0.3 is 10.6 Å². The Labute approximate surface area is 155 Å². The molecule has 0 spiro atoms. The fraction of sp³-hybridized carbons (Fsp3) is 0.211. The van der Waals surface area contributed by atoms with Crippen LogP contribution in [0.15, 0.2) is 48.5 Å². The van der Waals surface area contributed by atoms with Crippen molar-refractivity contribution in [2.75, 3.05) is 19.3 Å². The second kappa shape index (κ2) is 8.53. The van der Waals surface area contributed by atoms with Gasteiger partial charge >= 0.3 is 0 Å². The largest absolute Gasteiger partial charge is 0.350 e. The molecule has 3 rings (SSSR count). The van der Waals surface area contributed by atoms with Gasteiger partial charge in [0, 0.05) is 29.8 Å². The Morgan fingerprint density at radius 1 is 1.00 bits per heavy atom. The summed E-state index contributed by atoms with van der Waals surface area (Å²) in [5, 5.41) is 13.2. The van der Waals surface area contributed by atoms with E-state index in [0.717, 1.165) is 16.7 Å². The number of para-hydroxylation sites is 1. The molecule has 3 aromatic rings. The van der Waals surface area contributed by atoms with Crippen LogP contribution in [0.25, 0.3) is 10.9 Å². The molecule has 0 radical (unpaired) electrons. The highest BCUT2D eigenvalue weighted by atomic mass is 32.2. The molecule has 6 nitrogen and oxygen atoms in total. The zero-order valence-corrected chi connectivity index (χ0v) is 15.2. The summed E-state index contributed by atoms with van der Waals surface area (Å²) in [4.78, 5) is 24.3. The lowest BCUT2D eigenvalue weighted by Crippen LogP contribution is -2.34. The highest BCUT2D eigenvalue weighted by molar-refractivity contribution is 7.97. The van der Waals surface area contributed by atoms with E-state index in [1.165, 1.54) is 5.56 Å². The Hall–Kier alpha value is -2.80. The van der Waals surface area contributed by atoms with E-state index in [-0.39, 0.29) is 11.8 Å². The van der Waals surface area contributed by atoms with Crippen LogP contribution in [-0.4, -0.2) is 41.4 Å². The molecule has 2 amide bonds. The molecular weight excluding hydrogens is 348 g/mol. The number of benzene rings is 2. The number of H-pyrrole nitrogens is 1. The third-order valence-corrected chi connectivity index (χ3v) is 4.53. The molecule has 0 unspecified atom stereocenters. The molecule has 1 aromatic heterocycles. The van der Waals surface area contributed by atoms with Crippen LogP contribution in [0.4, 0.5) is 0 Å². The zero-order chi connectivity index (χ0) is 18.4. The van der Waals surface area contributed by atoms with Crippen molar-refractivity contribution in [1.29, 1.82) is 0 Å². The van der Waals surface area contributed by atoms with Crippen molar-refractivity contribution in [1.82, 2.24) is 20.8 Å². The van der Waals surface area contributed by atoms with Crippen LogP contribution in [0, 0.1) is 0 Å². The number of amides is 2. The Morgan fingerprint density at radius 3 is 2.42 bits per heavy atom. The third kappa shape index (κ3) is 4.23. The van der Waals surface area contributed by atoms with Crippen LogP contribution in [0.2, 0.25) is 0 Å². The van der Waals surface area contributed by atoms with Gasteiger partial charge in [0.2, 0.25) is 0 Å². The first kappa shape index (κ1) is 18.0. The predicted molar refractivity (Wildman–Crippen MR) is 104 cm³/mol. The fourth-order valence-electron chi connectivity index (χ4n) is 2.59. The maximum absolute atomic E-state index is 12.2. The molecular formula is C19H20N4O2S. The summed E-state index contributed by atoms with van der Waals surface area (Å²) in [5.41, 5.74) is 2.97. The smallest absolute Gasteiger partial charge is 0.272 e. The number of aromatic nitrogens is 2. The number of thioether (sulfide) groups is 1. The molecule has 0 aliphatic heterocycles. The Morgan fingerprint density at radius 2 is 1.69 bits per heavy atom. The third-order valence-electron chi connectivity index (χ3n) is 3.91. The van der Waals surface area contributed by atoms with E-state index < -0.39 is 0 Å². The second-order valence-electron chi connectivity index (χ2n) is 5.76. The van der Waals surface area contributed by atoms with E-state index in [2.05, 4.69) is 20.8 Å². The summed E-state index contributed by atoms with van der Waals surface area (Å²) in [7, 11) is 0. The highest BCUT2D eigenvalue weighted by Crippen LogP contribution is 2.14. The van der Waals surface area contributed by atoms with Gasteiger partial charge in [-0.05, 0) is 30.0 Å². The average molecular weight is 368 g/mol. The Bertz CT molecular complexity index is 905. The van der Waals surface area contributed by atoms with Crippen LogP contribution < -0.4 is 10.6 Å². The minimum absolute atomic E-state index is 0.153. The Kier molecular flexibility index (Phi) is 5.91. The van der Waals surface area contributed by atoms with Crippen LogP contribution >= 0.6 is 11.8 Å². The fourth-order valence-corrected chi connectivity index (χ4v) is 3.12. The van der Waals surface area contributed by atoms with Crippen LogP contribution in [0.5, 0.6) is 0 Å². The molecule has 3 N–H and O–H groups in total. The van der Waals surface area contributed by atoms with Crippen molar-refractivity contribution < 1.29 is 9.59 Å². The SMILES string of the molecule is CSCc1ccc(C(=O)NCCNC(=O)c2n[nH]c3ccccc23)cc1. The number of fused-ring (bicyclic) bond motifs is 1. The van der Waals surface area contributed by atoms with Gasteiger partial charge in [-0.15, -0.1) is 0 Å². The van der Waals surface area contributed by atoms with Crippen molar-refractivity contribution in [2.24, 2.45) is 0 Å². The lowest BCUT2D eigenvalue weighted by atomic mass is 10.1. The zero-order valence-electron chi connectivity index (χ0n) is 14.4. The van der Waals surface area contributed by atoms with Crippen LogP contribution in [0.3, 0.4) is 0 Å². The van der Waals surface area contributed by atoms with Crippen molar-refractivity contribution in [3.8, 4) is 0 Å². The molecule has 0 saturated carbocycles. The summed E-state index contributed by atoms with van der Waals surface area (Å²) in [5.74, 6) is 0.508. The van der Waals surface area contributed by atoms with Gasteiger partial charge in [0.05, 0.1) is 5.52 Å². The van der Waals surface area contributed by atoms with Gasteiger partial charge in [-0.3, -0.25) is 14.7 Å². The molecule has 26 heavy (non-hydrogen) atoms. The molecule has 0 aliphatic carbocycles. The molecule has 2 aromatic carbocycles. The van der Waals surface area contributed by atoms with E-state index in [4.69, 9.17) is 0 Å². The lowest BCUT2D eigenvalue weighted by Gasteiger charge is -2.07. The maximum Gasteiger partial charge on any atom is 0.272 e. The molecule has 134 valence electrons. The molecule has 0 aliphatic rings. The molecule has 0 saturated heterocycles. The average Bonchev–Trinajstić information content (AvgIpc) is 3.10. The number of nitrogens with one attached hydrogen (secondary N) is 3. The topological polar surface area (TPSA) is 86.9 Å². The van der Waals surface area contributed by atoms with E-state index in [1.807, 2.05) is 54.8 Å². The number of hydrogen-bond acceptors (Lipinski definition) is 4. The standard InChI is InChI=1S/C19H20N4O2S/c1-26-12-13-6-8-14(9-7-13)18(24)20-10-11-21-19(25)17-15-4-2-3-5-16(15)22-23-17/h2-9H,10-12H2,1H3,(H,20,24)(H,21,25)(H,22,23). The monoisotopic (exact) mass is 368 g/mol. The summed E-state index contributed by atoms with van der Waals surface area (Å²) in [6.45, 7) is 0.676. The first-order valence-electron chi connectivity index (χ1n) is 8.26. The van der Waals surface area contributed by atoms with Crippen LogP contribution in [0.1, 0.15) is 26.4 Å². The summed E-state index contributed by atoms with van der Waals surface area (Å²) in [6, 6.07) is 15.0. The number of nitrogens with zero attached hydrogens (tertiary/aromatic N) is 1.